The van der Waals surface area contributed by atoms with Crippen LogP contribution in [0.2, 0.25) is 0 Å². The number of aromatic nitrogens is 1. The fourth-order valence-electron chi connectivity index (χ4n) is 1.10. The lowest BCUT2D eigenvalue weighted by Gasteiger charge is -2.09. The van der Waals surface area contributed by atoms with Gasteiger partial charge in [0.05, 0.1) is 5.56 Å². The molecule has 0 atom stereocenters. The lowest BCUT2D eigenvalue weighted by molar-refractivity contribution is 0.146. The number of aryl methyl sites for hydroxylation is 1. The van der Waals surface area contributed by atoms with Gasteiger partial charge in [-0.05, 0) is 34.5 Å². The van der Waals surface area contributed by atoms with Gasteiger partial charge in [0.1, 0.15) is 4.60 Å². The average Bonchev–Trinajstić information content (AvgIpc) is 1.99. The number of hydrogen-bond acceptors (Lipinski definition) is 3. The first kappa shape index (κ1) is 12.5. The zero-order valence-corrected chi connectivity index (χ0v) is 9.94. The molecule has 0 unspecified atom stereocenters. The highest BCUT2D eigenvalue weighted by atomic mass is 79.9. The maximum Gasteiger partial charge on any atom is 0.266 e. The van der Waals surface area contributed by atoms with Crippen molar-refractivity contribution in [3.05, 3.63) is 21.8 Å². The maximum absolute atomic E-state index is 12.6. The topological polar surface area (TPSA) is 73.0 Å². The number of nitrogens with zero attached hydrogens (tertiary/aromatic N) is 1. The Morgan fingerprint density at radius 2 is 2.07 bits per heavy atom. The van der Waals surface area contributed by atoms with Crippen LogP contribution in [0.15, 0.2) is 15.7 Å². The van der Waals surface area contributed by atoms with Gasteiger partial charge in [0.25, 0.3) is 16.4 Å². The summed E-state index contributed by atoms with van der Waals surface area (Å²) < 4.78 is 47.3. The van der Waals surface area contributed by atoms with Gasteiger partial charge < -0.3 is 0 Å². The molecular formula is C7H7BrF2N2O2S. The van der Waals surface area contributed by atoms with Crippen LogP contribution in [-0.4, -0.2) is 13.4 Å². The molecule has 0 saturated carbocycles. The van der Waals surface area contributed by atoms with E-state index in [4.69, 9.17) is 5.14 Å². The molecule has 0 saturated heterocycles. The highest BCUT2D eigenvalue weighted by Gasteiger charge is 2.24. The Morgan fingerprint density at radius 3 is 2.47 bits per heavy atom. The number of rotatable bonds is 2. The SMILES string of the molecule is Cc1cc(Br)nc(S(N)(=O)=O)c1C(F)F. The Hall–Kier alpha value is -0.600. The van der Waals surface area contributed by atoms with Crippen LogP contribution in [0.1, 0.15) is 17.6 Å². The molecule has 1 aromatic rings. The first-order valence-corrected chi connectivity index (χ1v) is 6.05. The molecule has 0 fully saturated rings. The molecule has 1 rings (SSSR count). The van der Waals surface area contributed by atoms with Gasteiger partial charge >= 0.3 is 0 Å². The normalized spacial score (nSPS) is 12.1. The molecule has 2 N–H and O–H groups in total. The predicted molar refractivity (Wildman–Crippen MR) is 53.0 cm³/mol. The Labute approximate surface area is 93.7 Å². The molecule has 8 heteroatoms. The van der Waals surface area contributed by atoms with Crippen molar-refractivity contribution in [3.63, 3.8) is 0 Å². The minimum atomic E-state index is -4.24. The summed E-state index contributed by atoms with van der Waals surface area (Å²) >= 11 is 2.91. The molecule has 0 aliphatic rings. The summed E-state index contributed by atoms with van der Waals surface area (Å²) in [5.74, 6) is 0. The van der Waals surface area contributed by atoms with E-state index in [1.165, 1.54) is 13.0 Å². The molecule has 0 amide bonds. The maximum atomic E-state index is 12.6. The molecule has 0 aliphatic heterocycles. The average molecular weight is 301 g/mol. The number of alkyl halides is 2. The second kappa shape index (κ2) is 4.11. The molecule has 84 valence electrons. The van der Waals surface area contributed by atoms with Crippen LogP contribution in [0.25, 0.3) is 0 Å². The van der Waals surface area contributed by atoms with Crippen LogP contribution >= 0.6 is 15.9 Å². The number of nitrogens with two attached hydrogens (primary N) is 1. The number of hydrogen-bond donors (Lipinski definition) is 1. The molecule has 0 aliphatic carbocycles. The molecule has 4 nitrogen and oxygen atoms in total. The largest absolute Gasteiger partial charge is 0.266 e. The van der Waals surface area contributed by atoms with Gasteiger partial charge in [-0.2, -0.15) is 0 Å². The van der Waals surface area contributed by atoms with Crippen molar-refractivity contribution in [1.82, 2.24) is 4.98 Å². The van der Waals surface area contributed by atoms with Gasteiger partial charge in [-0.25, -0.2) is 27.3 Å². The second-order valence-corrected chi connectivity index (χ2v) is 5.12. The minimum absolute atomic E-state index is 0.121. The van der Waals surface area contributed by atoms with Crippen molar-refractivity contribution in [1.29, 1.82) is 0 Å². The van der Waals surface area contributed by atoms with E-state index >= 15 is 0 Å². The summed E-state index contributed by atoms with van der Waals surface area (Å²) in [6, 6.07) is 1.30. The number of halogens is 3. The fraction of sp³-hybridized carbons (Fsp3) is 0.286. The smallest absolute Gasteiger partial charge is 0.227 e. The number of pyridine rings is 1. The Kier molecular flexibility index (Phi) is 3.41. The van der Waals surface area contributed by atoms with E-state index < -0.39 is 27.0 Å². The van der Waals surface area contributed by atoms with E-state index in [9.17, 15) is 17.2 Å². The summed E-state index contributed by atoms with van der Waals surface area (Å²) in [5, 5.41) is 4.00. The summed E-state index contributed by atoms with van der Waals surface area (Å²) in [6.07, 6.45) is -2.93. The Bertz CT molecular complexity index is 490. The molecule has 1 heterocycles. The third-order valence-corrected chi connectivity index (χ3v) is 2.94. The fourth-order valence-corrected chi connectivity index (χ4v) is 2.52. The van der Waals surface area contributed by atoms with E-state index in [-0.39, 0.29) is 10.2 Å². The quantitative estimate of drug-likeness (QED) is 0.846. The lowest BCUT2D eigenvalue weighted by Crippen LogP contribution is -2.17. The van der Waals surface area contributed by atoms with Crippen molar-refractivity contribution in [2.45, 2.75) is 18.4 Å². The molecule has 0 aromatic carbocycles. The van der Waals surface area contributed by atoms with Crippen LogP contribution < -0.4 is 5.14 Å². The van der Waals surface area contributed by atoms with Crippen LogP contribution in [0.3, 0.4) is 0 Å². The van der Waals surface area contributed by atoms with Crippen molar-refractivity contribution in [3.8, 4) is 0 Å². The molecule has 15 heavy (non-hydrogen) atoms. The minimum Gasteiger partial charge on any atom is -0.227 e. The van der Waals surface area contributed by atoms with Crippen LogP contribution in [0.4, 0.5) is 8.78 Å². The van der Waals surface area contributed by atoms with Crippen LogP contribution in [-0.2, 0) is 10.0 Å². The molecule has 1 aromatic heterocycles. The number of sulfonamides is 1. The first-order valence-electron chi connectivity index (χ1n) is 3.71. The molecular weight excluding hydrogens is 294 g/mol. The highest BCUT2D eigenvalue weighted by molar-refractivity contribution is 9.10. The Balaban J connectivity index is 3.62. The van der Waals surface area contributed by atoms with Crippen molar-refractivity contribution in [2.24, 2.45) is 5.14 Å². The predicted octanol–water partition coefficient (Wildman–Crippen LogP) is 1.74. The summed E-state index contributed by atoms with van der Waals surface area (Å²) in [6.45, 7) is 1.36. The monoisotopic (exact) mass is 300 g/mol. The van der Waals surface area contributed by atoms with E-state index in [1.807, 2.05) is 0 Å². The third-order valence-electron chi connectivity index (χ3n) is 1.69. The Morgan fingerprint density at radius 1 is 1.53 bits per heavy atom. The highest BCUT2D eigenvalue weighted by Crippen LogP contribution is 2.29. The standard InChI is InChI=1S/C7H7BrF2N2O2S/c1-3-2-4(8)12-7(15(11,13)14)5(3)6(9)10/h2,6H,1H3,(H2,11,13,14). The van der Waals surface area contributed by atoms with E-state index in [0.29, 0.717) is 0 Å². The zero-order valence-electron chi connectivity index (χ0n) is 7.54. The third kappa shape index (κ3) is 2.70. The van der Waals surface area contributed by atoms with Crippen LogP contribution in [0, 0.1) is 6.92 Å². The van der Waals surface area contributed by atoms with Gasteiger partial charge in [0, 0.05) is 0 Å². The summed E-state index contributed by atoms with van der Waals surface area (Å²) in [4.78, 5) is 3.45. The summed E-state index contributed by atoms with van der Waals surface area (Å²) in [7, 11) is -4.24. The first-order chi connectivity index (χ1) is 6.73. The van der Waals surface area contributed by atoms with Crippen molar-refractivity contribution < 1.29 is 17.2 Å². The second-order valence-electron chi connectivity index (χ2n) is 2.83. The lowest BCUT2D eigenvalue weighted by atomic mass is 10.2. The van der Waals surface area contributed by atoms with Gasteiger partial charge in [0.15, 0.2) is 5.03 Å². The van der Waals surface area contributed by atoms with Gasteiger partial charge in [0.2, 0.25) is 0 Å². The molecule has 0 spiro atoms. The van der Waals surface area contributed by atoms with Gasteiger partial charge in [-0.1, -0.05) is 0 Å². The van der Waals surface area contributed by atoms with Gasteiger partial charge in [-0.3, -0.25) is 0 Å². The molecule has 0 radical (unpaired) electrons. The molecule has 0 bridgehead atoms. The van der Waals surface area contributed by atoms with E-state index in [2.05, 4.69) is 20.9 Å². The van der Waals surface area contributed by atoms with E-state index in [0.717, 1.165) is 0 Å². The summed E-state index contributed by atoms with van der Waals surface area (Å²) in [5.41, 5.74) is -0.531. The van der Waals surface area contributed by atoms with Gasteiger partial charge in [-0.15, -0.1) is 0 Å². The van der Waals surface area contributed by atoms with Crippen molar-refractivity contribution >= 4 is 26.0 Å². The number of primary sulfonamides is 1. The zero-order chi connectivity index (χ0) is 11.8. The van der Waals surface area contributed by atoms with Crippen molar-refractivity contribution in [2.75, 3.05) is 0 Å². The van der Waals surface area contributed by atoms with Crippen LogP contribution in [0.5, 0.6) is 0 Å². The van der Waals surface area contributed by atoms with E-state index in [1.54, 1.807) is 0 Å².